The number of piperidine rings is 1. The van der Waals surface area contributed by atoms with Gasteiger partial charge in [0, 0.05) is 37.2 Å². The number of urea groups is 2. The van der Waals surface area contributed by atoms with Gasteiger partial charge in [-0.25, -0.2) is 9.59 Å². The lowest BCUT2D eigenvalue weighted by atomic mass is 9.97. The average molecular weight is 424 g/mol. The van der Waals surface area contributed by atoms with Gasteiger partial charge in [0.25, 0.3) is 0 Å². The lowest BCUT2D eigenvalue weighted by Crippen LogP contribution is -2.46. The number of hydrogen-bond acceptors (Lipinski definition) is 3. The van der Waals surface area contributed by atoms with Gasteiger partial charge in [0.05, 0.1) is 5.92 Å². The maximum atomic E-state index is 12.5. The Morgan fingerprint density at radius 3 is 2.13 bits per heavy atom. The first-order valence-corrected chi connectivity index (χ1v) is 10.4. The highest BCUT2D eigenvalue weighted by molar-refractivity contribution is 6.00. The van der Waals surface area contributed by atoms with Crippen molar-refractivity contribution in [1.29, 1.82) is 0 Å². The summed E-state index contributed by atoms with van der Waals surface area (Å²) in [5.74, 6) is -0.209. The second kappa shape index (κ2) is 9.97. The summed E-state index contributed by atoms with van der Waals surface area (Å²) in [7, 11) is 1.61. The number of carbonyl (C=O) groups is 3. The molecule has 1 fully saturated rings. The molecule has 2 aromatic carbocycles. The molecule has 1 heterocycles. The van der Waals surface area contributed by atoms with Crippen molar-refractivity contribution in [2.75, 3.05) is 36.1 Å². The largest absolute Gasteiger partial charge is 0.359 e. The van der Waals surface area contributed by atoms with Gasteiger partial charge in [0.2, 0.25) is 5.91 Å². The molecule has 8 heteroatoms. The summed E-state index contributed by atoms with van der Waals surface area (Å²) >= 11 is 0. The summed E-state index contributed by atoms with van der Waals surface area (Å²) in [4.78, 5) is 38.3. The van der Waals surface area contributed by atoms with Crippen molar-refractivity contribution < 1.29 is 14.4 Å². The van der Waals surface area contributed by atoms with Gasteiger partial charge < -0.3 is 26.2 Å². The van der Waals surface area contributed by atoms with Gasteiger partial charge in [0.1, 0.15) is 0 Å². The number of aryl methyl sites for hydroxylation is 2. The van der Waals surface area contributed by atoms with E-state index in [1.54, 1.807) is 36.2 Å². The molecule has 0 aliphatic carbocycles. The first-order chi connectivity index (χ1) is 14.9. The second-order valence-corrected chi connectivity index (χ2v) is 7.79. The molecular formula is C23H29N5O3. The first-order valence-electron chi connectivity index (χ1n) is 10.4. The molecule has 3 rings (SSSR count). The van der Waals surface area contributed by atoms with E-state index in [2.05, 4.69) is 21.3 Å². The molecule has 0 saturated carbocycles. The molecule has 1 unspecified atom stereocenters. The number of likely N-dealkylation sites (tertiary alicyclic amines) is 1. The molecule has 1 atom stereocenters. The molecular weight excluding hydrogens is 394 g/mol. The summed E-state index contributed by atoms with van der Waals surface area (Å²) < 4.78 is 0. The number of carbonyl (C=O) groups excluding carboxylic acids is 3. The van der Waals surface area contributed by atoms with Crippen molar-refractivity contribution in [2.24, 2.45) is 5.92 Å². The fourth-order valence-electron chi connectivity index (χ4n) is 3.53. The Kier molecular flexibility index (Phi) is 7.12. The van der Waals surface area contributed by atoms with Crippen LogP contribution in [0.4, 0.5) is 26.7 Å². The lowest BCUT2D eigenvalue weighted by Gasteiger charge is -2.31. The molecule has 1 aliphatic rings. The minimum atomic E-state index is -0.339. The molecule has 2 aromatic rings. The second-order valence-electron chi connectivity index (χ2n) is 7.79. The van der Waals surface area contributed by atoms with E-state index in [0.717, 1.165) is 29.7 Å². The maximum Gasteiger partial charge on any atom is 0.323 e. The van der Waals surface area contributed by atoms with Gasteiger partial charge in [-0.15, -0.1) is 0 Å². The zero-order valence-electron chi connectivity index (χ0n) is 18.1. The van der Waals surface area contributed by atoms with Crippen LogP contribution in [0.15, 0.2) is 42.5 Å². The minimum absolute atomic E-state index is 0.0352. The van der Waals surface area contributed by atoms with E-state index in [0.29, 0.717) is 24.5 Å². The normalized spacial score (nSPS) is 15.7. The van der Waals surface area contributed by atoms with Crippen molar-refractivity contribution in [3.05, 3.63) is 53.6 Å². The average Bonchev–Trinajstić information content (AvgIpc) is 2.77. The van der Waals surface area contributed by atoms with Crippen LogP contribution < -0.4 is 21.3 Å². The van der Waals surface area contributed by atoms with E-state index in [-0.39, 0.29) is 23.9 Å². The number of hydrogen-bond donors (Lipinski definition) is 4. The van der Waals surface area contributed by atoms with Gasteiger partial charge in [-0.2, -0.15) is 0 Å². The third-order valence-corrected chi connectivity index (χ3v) is 5.48. The smallest absolute Gasteiger partial charge is 0.323 e. The molecule has 0 radical (unpaired) electrons. The van der Waals surface area contributed by atoms with Crippen LogP contribution in [0.25, 0.3) is 0 Å². The zero-order valence-corrected chi connectivity index (χ0v) is 18.1. The lowest BCUT2D eigenvalue weighted by molar-refractivity contribution is -0.125. The van der Waals surface area contributed by atoms with E-state index in [1.165, 1.54) is 0 Å². The zero-order chi connectivity index (χ0) is 22.4. The van der Waals surface area contributed by atoms with E-state index in [4.69, 9.17) is 0 Å². The van der Waals surface area contributed by atoms with Crippen LogP contribution in [0.2, 0.25) is 0 Å². The monoisotopic (exact) mass is 423 g/mol. The fourth-order valence-corrected chi connectivity index (χ4v) is 3.53. The van der Waals surface area contributed by atoms with E-state index in [9.17, 15) is 14.4 Å². The third kappa shape index (κ3) is 5.97. The Hall–Kier alpha value is -3.55. The molecule has 0 bridgehead atoms. The number of anilines is 3. The Labute approximate surface area is 182 Å². The van der Waals surface area contributed by atoms with Crippen LogP contribution in [-0.2, 0) is 4.79 Å². The Morgan fingerprint density at radius 2 is 1.48 bits per heavy atom. The molecule has 8 nitrogen and oxygen atoms in total. The predicted octanol–water partition coefficient (Wildman–Crippen LogP) is 3.94. The first kappa shape index (κ1) is 22.1. The van der Waals surface area contributed by atoms with Crippen LogP contribution in [0.5, 0.6) is 0 Å². The molecule has 0 spiro atoms. The summed E-state index contributed by atoms with van der Waals surface area (Å²) in [6.45, 7) is 5.04. The quantitative estimate of drug-likeness (QED) is 0.599. The molecule has 0 aromatic heterocycles. The van der Waals surface area contributed by atoms with Crippen LogP contribution in [-0.4, -0.2) is 43.0 Å². The highest BCUT2D eigenvalue weighted by atomic mass is 16.2. The summed E-state index contributed by atoms with van der Waals surface area (Å²) in [5.41, 5.74) is 4.22. The number of benzene rings is 2. The standard InChI is InChI=1S/C23H29N5O3/c1-15-6-7-20(13-16(15)2)26-22(30)25-18-8-10-19(11-9-18)27-23(31)28-12-4-5-17(14-28)21(29)24-3/h6-11,13,17H,4-5,12,14H2,1-3H3,(H,24,29)(H,27,31)(H2,25,26,30). The summed E-state index contributed by atoms with van der Waals surface area (Å²) in [6.07, 6.45) is 1.58. The minimum Gasteiger partial charge on any atom is -0.359 e. The highest BCUT2D eigenvalue weighted by Crippen LogP contribution is 2.20. The van der Waals surface area contributed by atoms with Crippen molar-refractivity contribution in [3.63, 3.8) is 0 Å². The van der Waals surface area contributed by atoms with Crippen LogP contribution in [0.1, 0.15) is 24.0 Å². The Bertz CT molecular complexity index is 958. The van der Waals surface area contributed by atoms with Crippen molar-refractivity contribution in [1.82, 2.24) is 10.2 Å². The fraction of sp³-hybridized carbons (Fsp3) is 0.348. The highest BCUT2D eigenvalue weighted by Gasteiger charge is 2.27. The number of nitrogens with zero attached hydrogens (tertiary/aromatic N) is 1. The van der Waals surface area contributed by atoms with Crippen molar-refractivity contribution >= 4 is 35.0 Å². The number of rotatable bonds is 4. The molecule has 1 aliphatic heterocycles. The van der Waals surface area contributed by atoms with E-state index >= 15 is 0 Å². The number of nitrogens with one attached hydrogen (secondary N) is 4. The summed E-state index contributed by atoms with van der Waals surface area (Å²) in [5, 5.41) is 11.1. The third-order valence-electron chi connectivity index (χ3n) is 5.48. The van der Waals surface area contributed by atoms with Gasteiger partial charge in [0.15, 0.2) is 0 Å². The Morgan fingerprint density at radius 1 is 0.871 bits per heavy atom. The molecule has 31 heavy (non-hydrogen) atoms. The molecule has 1 saturated heterocycles. The molecule has 164 valence electrons. The number of amides is 5. The van der Waals surface area contributed by atoms with Crippen molar-refractivity contribution in [3.8, 4) is 0 Å². The van der Waals surface area contributed by atoms with E-state index < -0.39 is 0 Å². The van der Waals surface area contributed by atoms with Crippen LogP contribution in [0.3, 0.4) is 0 Å². The summed E-state index contributed by atoms with van der Waals surface area (Å²) in [6, 6.07) is 12.1. The Balaban J connectivity index is 1.52. The van der Waals surface area contributed by atoms with Gasteiger partial charge in [-0.1, -0.05) is 6.07 Å². The van der Waals surface area contributed by atoms with Gasteiger partial charge in [-0.3, -0.25) is 4.79 Å². The van der Waals surface area contributed by atoms with Crippen molar-refractivity contribution in [2.45, 2.75) is 26.7 Å². The van der Waals surface area contributed by atoms with Gasteiger partial charge >= 0.3 is 12.1 Å². The van der Waals surface area contributed by atoms with E-state index in [1.807, 2.05) is 32.0 Å². The molecule has 4 N–H and O–H groups in total. The molecule has 5 amide bonds. The van der Waals surface area contributed by atoms with Crippen LogP contribution in [0, 0.1) is 19.8 Å². The SMILES string of the molecule is CNC(=O)C1CCCN(C(=O)Nc2ccc(NC(=O)Nc3ccc(C)c(C)c3)cc2)C1. The maximum absolute atomic E-state index is 12.5. The predicted molar refractivity (Wildman–Crippen MR) is 122 cm³/mol. The van der Waals surface area contributed by atoms with Gasteiger partial charge in [-0.05, 0) is 74.2 Å². The topological polar surface area (TPSA) is 103 Å². The van der Waals surface area contributed by atoms with Crippen LogP contribution >= 0.6 is 0 Å².